The normalized spacial score (nSPS) is 11.4. The monoisotopic (exact) mass is 416 g/mol. The van der Waals surface area contributed by atoms with E-state index in [1.54, 1.807) is 0 Å². The van der Waals surface area contributed by atoms with E-state index in [0.717, 1.165) is 5.69 Å². The average Bonchev–Trinajstić information content (AvgIpc) is 3.22. The second-order valence-corrected chi connectivity index (χ2v) is 8.19. The standard InChI is InChI=1S/C28H21N2P/c31-30-23-9-4-8-21(16-23)19-6-3-7-20(15-19)22-12-13-25-26-14-11-18-5-1-2-10-24(18)28(26)29-27(25)17-22/h1-17,29-30H,31H2. The van der Waals surface area contributed by atoms with Gasteiger partial charge in [-0.3, -0.25) is 0 Å². The van der Waals surface area contributed by atoms with Crippen molar-refractivity contribution in [2.45, 2.75) is 0 Å². The van der Waals surface area contributed by atoms with E-state index in [1.165, 1.54) is 54.8 Å². The fraction of sp³-hybridized carbons (Fsp3) is 0. The maximum atomic E-state index is 3.68. The Kier molecular flexibility index (Phi) is 4.26. The quantitative estimate of drug-likeness (QED) is 0.281. The van der Waals surface area contributed by atoms with E-state index in [2.05, 4.69) is 123 Å². The van der Waals surface area contributed by atoms with Crippen molar-refractivity contribution < 1.29 is 0 Å². The minimum absolute atomic E-state index is 1.08. The summed E-state index contributed by atoms with van der Waals surface area (Å²) in [5.41, 5.74) is 8.30. The van der Waals surface area contributed by atoms with Crippen LogP contribution in [0.4, 0.5) is 5.69 Å². The zero-order valence-electron chi connectivity index (χ0n) is 16.9. The number of hydrogen-bond donors (Lipinski definition) is 2. The molecule has 0 fully saturated rings. The van der Waals surface area contributed by atoms with E-state index in [9.17, 15) is 0 Å². The highest BCUT2D eigenvalue weighted by atomic mass is 31.0. The predicted molar refractivity (Wildman–Crippen MR) is 138 cm³/mol. The van der Waals surface area contributed by atoms with E-state index in [0.29, 0.717) is 0 Å². The Morgan fingerprint density at radius 3 is 2.10 bits per heavy atom. The number of benzene rings is 5. The Balaban J connectivity index is 1.49. The number of aromatic amines is 1. The summed E-state index contributed by atoms with van der Waals surface area (Å²) in [6, 6.07) is 36.9. The average molecular weight is 416 g/mol. The van der Waals surface area contributed by atoms with Crippen LogP contribution in [0.5, 0.6) is 0 Å². The van der Waals surface area contributed by atoms with Crippen molar-refractivity contribution in [3.05, 3.63) is 103 Å². The predicted octanol–water partition coefficient (Wildman–Crippen LogP) is 8.01. The maximum absolute atomic E-state index is 3.68. The van der Waals surface area contributed by atoms with Crippen molar-refractivity contribution in [1.29, 1.82) is 0 Å². The molecule has 2 nitrogen and oxygen atoms in total. The highest BCUT2D eigenvalue weighted by Crippen LogP contribution is 2.34. The highest BCUT2D eigenvalue weighted by Gasteiger charge is 2.09. The fourth-order valence-corrected chi connectivity index (χ4v) is 4.67. The third kappa shape index (κ3) is 3.08. The molecule has 31 heavy (non-hydrogen) atoms. The Bertz CT molecular complexity index is 1580. The van der Waals surface area contributed by atoms with Gasteiger partial charge in [-0.25, -0.2) is 0 Å². The molecule has 0 amide bonds. The molecule has 148 valence electrons. The molecule has 0 aliphatic carbocycles. The van der Waals surface area contributed by atoms with Crippen LogP contribution in [0.2, 0.25) is 0 Å². The van der Waals surface area contributed by atoms with Gasteiger partial charge >= 0.3 is 0 Å². The van der Waals surface area contributed by atoms with Gasteiger partial charge in [0, 0.05) is 27.4 Å². The van der Waals surface area contributed by atoms with Crippen molar-refractivity contribution in [3.63, 3.8) is 0 Å². The van der Waals surface area contributed by atoms with E-state index in [4.69, 9.17) is 0 Å². The van der Waals surface area contributed by atoms with Gasteiger partial charge in [-0.2, -0.15) is 0 Å². The summed E-state index contributed by atoms with van der Waals surface area (Å²) in [5, 5.41) is 8.21. The van der Waals surface area contributed by atoms with Gasteiger partial charge in [-0.15, -0.1) is 0 Å². The molecule has 6 rings (SSSR count). The molecule has 0 saturated carbocycles. The molecule has 6 aromatic rings. The number of rotatable bonds is 3. The van der Waals surface area contributed by atoms with Crippen LogP contribution >= 0.6 is 9.39 Å². The number of nitrogens with one attached hydrogen (secondary N) is 2. The molecule has 0 aliphatic rings. The highest BCUT2D eigenvalue weighted by molar-refractivity contribution is 7.18. The molecule has 0 saturated heterocycles. The lowest BCUT2D eigenvalue weighted by molar-refractivity contribution is 1.55. The van der Waals surface area contributed by atoms with Crippen LogP contribution in [0.3, 0.4) is 0 Å². The van der Waals surface area contributed by atoms with Crippen molar-refractivity contribution in [3.8, 4) is 22.3 Å². The molecule has 0 spiro atoms. The second-order valence-electron chi connectivity index (χ2n) is 7.90. The summed E-state index contributed by atoms with van der Waals surface area (Å²) in [6.07, 6.45) is 0. The van der Waals surface area contributed by atoms with Gasteiger partial charge in [0.1, 0.15) is 0 Å². The topological polar surface area (TPSA) is 27.8 Å². The van der Waals surface area contributed by atoms with E-state index < -0.39 is 0 Å². The first-order valence-electron chi connectivity index (χ1n) is 10.4. The van der Waals surface area contributed by atoms with Gasteiger partial charge < -0.3 is 10.1 Å². The van der Waals surface area contributed by atoms with Crippen molar-refractivity contribution >= 4 is 47.7 Å². The van der Waals surface area contributed by atoms with Crippen molar-refractivity contribution in [1.82, 2.24) is 4.98 Å². The molecule has 0 bridgehead atoms. The van der Waals surface area contributed by atoms with Crippen LogP contribution in [-0.4, -0.2) is 4.98 Å². The lowest BCUT2D eigenvalue weighted by Crippen LogP contribution is -1.84. The minimum atomic E-state index is 1.08. The molecule has 5 aromatic carbocycles. The Hall–Kier alpha value is -3.61. The first-order chi connectivity index (χ1) is 15.3. The molecule has 0 radical (unpaired) electrons. The smallest absolute Gasteiger partial charge is 0.0544 e. The maximum Gasteiger partial charge on any atom is 0.0544 e. The van der Waals surface area contributed by atoms with Crippen molar-refractivity contribution in [2.24, 2.45) is 0 Å². The lowest BCUT2D eigenvalue weighted by Gasteiger charge is -2.08. The van der Waals surface area contributed by atoms with Gasteiger partial charge in [0.2, 0.25) is 0 Å². The summed E-state index contributed by atoms with van der Waals surface area (Å²) >= 11 is 0. The summed E-state index contributed by atoms with van der Waals surface area (Å²) in [4.78, 5) is 3.68. The van der Waals surface area contributed by atoms with Crippen molar-refractivity contribution in [2.75, 3.05) is 5.09 Å². The third-order valence-electron chi connectivity index (χ3n) is 6.06. The van der Waals surface area contributed by atoms with Gasteiger partial charge in [0.25, 0.3) is 0 Å². The van der Waals surface area contributed by atoms with Gasteiger partial charge in [-0.1, -0.05) is 78.9 Å². The van der Waals surface area contributed by atoms with Crippen LogP contribution in [0, 0.1) is 0 Å². The summed E-state index contributed by atoms with van der Waals surface area (Å²) in [6.45, 7) is 0. The molecule has 2 N–H and O–H groups in total. The van der Waals surface area contributed by atoms with Crippen LogP contribution in [0.15, 0.2) is 103 Å². The third-order valence-corrected chi connectivity index (χ3v) is 6.39. The van der Waals surface area contributed by atoms with Gasteiger partial charge in [0.15, 0.2) is 0 Å². The number of anilines is 1. The summed E-state index contributed by atoms with van der Waals surface area (Å²) in [5.74, 6) is 0. The van der Waals surface area contributed by atoms with E-state index >= 15 is 0 Å². The zero-order chi connectivity index (χ0) is 20.8. The molecular weight excluding hydrogens is 395 g/mol. The second kappa shape index (κ2) is 7.27. The summed E-state index contributed by atoms with van der Waals surface area (Å²) in [7, 11) is 2.56. The number of fused-ring (bicyclic) bond motifs is 5. The largest absolute Gasteiger partial charge is 0.369 e. The number of hydrogen-bond acceptors (Lipinski definition) is 1. The SMILES string of the molecule is PNc1cccc(-c2cccc(-c3ccc4c(c3)[nH]c3c5ccccc5ccc43)c2)c1. The number of H-pyrrole nitrogens is 1. The van der Waals surface area contributed by atoms with Gasteiger partial charge in [-0.05, 0) is 61.3 Å². The first kappa shape index (κ1) is 18.2. The Morgan fingerprint density at radius 2 is 1.26 bits per heavy atom. The van der Waals surface area contributed by atoms with Gasteiger partial charge in [0.05, 0.1) is 5.52 Å². The molecular formula is C28H21N2P. The minimum Gasteiger partial charge on any atom is -0.369 e. The number of aromatic nitrogens is 1. The zero-order valence-corrected chi connectivity index (χ0v) is 18.0. The Morgan fingerprint density at radius 1 is 0.548 bits per heavy atom. The van der Waals surface area contributed by atoms with Crippen LogP contribution in [0.1, 0.15) is 0 Å². The fourth-order valence-electron chi connectivity index (χ4n) is 4.49. The molecule has 1 atom stereocenters. The molecule has 1 aromatic heterocycles. The van der Waals surface area contributed by atoms with E-state index in [1.807, 2.05) is 0 Å². The molecule has 1 unspecified atom stereocenters. The van der Waals surface area contributed by atoms with E-state index in [-0.39, 0.29) is 0 Å². The Labute approximate surface area is 183 Å². The molecule has 1 heterocycles. The first-order valence-corrected chi connectivity index (χ1v) is 11.0. The lowest BCUT2D eigenvalue weighted by atomic mass is 9.98. The molecule has 0 aliphatic heterocycles. The van der Waals surface area contributed by atoms with Crippen LogP contribution in [0.25, 0.3) is 54.8 Å². The molecule has 3 heteroatoms. The van der Waals surface area contributed by atoms with Crippen LogP contribution in [-0.2, 0) is 0 Å². The summed E-state index contributed by atoms with van der Waals surface area (Å²) < 4.78 is 0. The van der Waals surface area contributed by atoms with Crippen LogP contribution < -0.4 is 5.09 Å².